The highest BCUT2D eigenvalue weighted by Gasteiger charge is 2.36. The third-order valence-electron chi connectivity index (χ3n) is 5.48. The number of pyridine rings is 1. The van der Waals surface area contributed by atoms with Crippen LogP contribution in [0.5, 0.6) is 0 Å². The van der Waals surface area contributed by atoms with E-state index in [1.54, 1.807) is 24.4 Å². The summed E-state index contributed by atoms with van der Waals surface area (Å²) < 4.78 is 65.7. The standard InChI is InChI=1S/C14H11F3N8.C7H11F2NO/c15-14(16,17)5-24-6-20-9-2-1-8(21-12(9)24)7-3-4-25-10(7)11(18)22-13(19)23-25;1-6(11)10-4-2-3-7(8,9)5-10/h1-4,6H,5H2,(H4,18,19,22,23);2-5H2,1H3. The van der Waals surface area contributed by atoms with Crippen LogP contribution in [0.4, 0.5) is 33.7 Å². The van der Waals surface area contributed by atoms with Crippen molar-refractivity contribution >= 4 is 34.4 Å². The Kier molecular flexibility index (Phi) is 6.41. The average molecular weight is 511 g/mol. The Morgan fingerprint density at radius 3 is 2.56 bits per heavy atom. The molecule has 15 heteroatoms. The van der Waals surface area contributed by atoms with Crippen molar-refractivity contribution in [1.82, 2.24) is 34.0 Å². The predicted molar refractivity (Wildman–Crippen MR) is 121 cm³/mol. The number of fused-ring (bicyclic) bond motifs is 2. The number of amides is 1. The second-order valence-electron chi connectivity index (χ2n) is 8.30. The summed E-state index contributed by atoms with van der Waals surface area (Å²) in [6.45, 7) is 0.229. The number of nitrogens with zero attached hydrogens (tertiary/aromatic N) is 7. The van der Waals surface area contributed by atoms with Gasteiger partial charge in [0.25, 0.3) is 5.92 Å². The number of nitrogen functional groups attached to an aromatic ring is 2. The lowest BCUT2D eigenvalue weighted by Crippen LogP contribution is -2.44. The molecule has 0 aromatic carbocycles. The van der Waals surface area contributed by atoms with Gasteiger partial charge in [0.15, 0.2) is 11.5 Å². The Balaban J connectivity index is 0.000000233. The number of hydrogen-bond acceptors (Lipinski definition) is 7. The van der Waals surface area contributed by atoms with Gasteiger partial charge in [-0.2, -0.15) is 18.2 Å². The van der Waals surface area contributed by atoms with Gasteiger partial charge in [0, 0.05) is 31.6 Å². The number of carbonyl (C=O) groups is 1. The van der Waals surface area contributed by atoms with E-state index < -0.39 is 25.2 Å². The van der Waals surface area contributed by atoms with Crippen molar-refractivity contribution in [2.45, 2.75) is 38.4 Å². The molecule has 1 aliphatic heterocycles. The molecule has 1 aliphatic rings. The van der Waals surface area contributed by atoms with E-state index in [1.807, 2.05) is 0 Å². The molecular weight excluding hydrogens is 489 g/mol. The molecule has 5 rings (SSSR count). The number of anilines is 2. The fourth-order valence-corrected chi connectivity index (χ4v) is 3.91. The van der Waals surface area contributed by atoms with Gasteiger partial charge < -0.3 is 20.9 Å². The minimum absolute atomic E-state index is 0.0128. The van der Waals surface area contributed by atoms with Crippen LogP contribution >= 0.6 is 0 Å². The van der Waals surface area contributed by atoms with E-state index in [1.165, 1.54) is 16.3 Å². The summed E-state index contributed by atoms with van der Waals surface area (Å²) in [6, 6.07) is 4.94. The summed E-state index contributed by atoms with van der Waals surface area (Å²) in [5, 5.41) is 4.01. The van der Waals surface area contributed by atoms with E-state index in [2.05, 4.69) is 20.1 Å². The van der Waals surface area contributed by atoms with Crippen molar-refractivity contribution < 1.29 is 26.7 Å². The molecule has 10 nitrogen and oxygen atoms in total. The maximum absolute atomic E-state index is 12.7. The molecule has 0 spiro atoms. The Labute approximate surface area is 200 Å². The van der Waals surface area contributed by atoms with Crippen LogP contribution in [-0.2, 0) is 11.3 Å². The predicted octanol–water partition coefficient (Wildman–Crippen LogP) is 3.13. The summed E-state index contributed by atoms with van der Waals surface area (Å²) >= 11 is 0. The Hall–Kier alpha value is -4.04. The van der Waals surface area contributed by atoms with Crippen molar-refractivity contribution in [3.8, 4) is 11.3 Å². The monoisotopic (exact) mass is 511 g/mol. The van der Waals surface area contributed by atoms with Gasteiger partial charge in [0.05, 0.1) is 18.6 Å². The number of alkyl halides is 5. The van der Waals surface area contributed by atoms with Gasteiger partial charge in [0.1, 0.15) is 17.6 Å². The van der Waals surface area contributed by atoms with Gasteiger partial charge in [-0.1, -0.05) is 0 Å². The van der Waals surface area contributed by atoms with Crippen molar-refractivity contribution in [3.05, 3.63) is 30.7 Å². The van der Waals surface area contributed by atoms with Gasteiger partial charge in [-0.05, 0) is 24.6 Å². The van der Waals surface area contributed by atoms with Crippen LogP contribution in [0, 0.1) is 0 Å². The molecule has 4 N–H and O–H groups in total. The largest absolute Gasteiger partial charge is 0.406 e. The van der Waals surface area contributed by atoms with Crippen LogP contribution in [0.15, 0.2) is 30.7 Å². The average Bonchev–Trinajstić information content (AvgIpc) is 3.36. The zero-order valence-electron chi connectivity index (χ0n) is 19.0. The number of carbonyl (C=O) groups excluding carboxylic acids is 1. The molecule has 0 saturated carbocycles. The number of likely N-dealkylation sites (tertiary alicyclic amines) is 1. The molecule has 0 unspecified atom stereocenters. The molecule has 1 fully saturated rings. The van der Waals surface area contributed by atoms with Crippen molar-refractivity contribution in [1.29, 1.82) is 0 Å². The number of piperidine rings is 1. The van der Waals surface area contributed by atoms with Crippen LogP contribution in [-0.4, -0.2) is 65.1 Å². The molecule has 4 aromatic heterocycles. The number of aromatic nitrogens is 6. The third kappa shape index (κ3) is 5.44. The lowest BCUT2D eigenvalue weighted by atomic mass is 10.1. The number of hydrogen-bond donors (Lipinski definition) is 2. The Morgan fingerprint density at radius 2 is 1.92 bits per heavy atom. The maximum atomic E-state index is 12.7. The summed E-state index contributed by atoms with van der Waals surface area (Å²) in [6.07, 6.45) is -1.31. The number of nitrogens with two attached hydrogens (primary N) is 2. The first-order valence-corrected chi connectivity index (χ1v) is 10.8. The van der Waals surface area contributed by atoms with Gasteiger partial charge >= 0.3 is 6.18 Å². The molecule has 36 heavy (non-hydrogen) atoms. The van der Waals surface area contributed by atoms with Crippen LogP contribution < -0.4 is 11.5 Å². The van der Waals surface area contributed by atoms with E-state index in [0.717, 1.165) is 10.9 Å². The third-order valence-corrected chi connectivity index (χ3v) is 5.48. The number of rotatable bonds is 2. The molecule has 4 aromatic rings. The maximum Gasteiger partial charge on any atom is 0.406 e. The molecular formula is C21H22F5N9O. The lowest BCUT2D eigenvalue weighted by molar-refractivity contribution is -0.140. The summed E-state index contributed by atoms with van der Waals surface area (Å²) in [7, 11) is 0. The minimum Gasteiger partial charge on any atom is -0.382 e. The first kappa shape index (κ1) is 25.1. The van der Waals surface area contributed by atoms with E-state index in [-0.39, 0.29) is 29.7 Å². The second kappa shape index (κ2) is 9.20. The van der Waals surface area contributed by atoms with Crippen LogP contribution in [0.25, 0.3) is 27.9 Å². The van der Waals surface area contributed by atoms with Crippen molar-refractivity contribution in [2.24, 2.45) is 0 Å². The topological polar surface area (TPSA) is 133 Å². The highest BCUT2D eigenvalue weighted by Crippen LogP contribution is 2.29. The zero-order chi connectivity index (χ0) is 26.3. The molecule has 0 atom stereocenters. The Morgan fingerprint density at radius 1 is 1.17 bits per heavy atom. The SMILES string of the molecule is CC(=O)N1CCCC(F)(F)C1.Nc1nc(N)c2c(-c3ccc4ncn(CC(F)(F)F)c4n3)ccn2n1. The van der Waals surface area contributed by atoms with E-state index >= 15 is 0 Å². The molecule has 0 radical (unpaired) electrons. The number of imidazole rings is 1. The van der Waals surface area contributed by atoms with Gasteiger partial charge in [0.2, 0.25) is 11.9 Å². The molecule has 0 aliphatic carbocycles. The number of halogens is 5. The Bertz CT molecular complexity index is 1410. The summed E-state index contributed by atoms with van der Waals surface area (Å²) in [5.41, 5.74) is 13.4. The first-order valence-electron chi connectivity index (χ1n) is 10.8. The zero-order valence-corrected chi connectivity index (χ0v) is 19.0. The molecule has 0 bridgehead atoms. The highest BCUT2D eigenvalue weighted by atomic mass is 19.4. The normalized spacial score (nSPS) is 15.7. The van der Waals surface area contributed by atoms with Gasteiger partial charge in [-0.15, -0.1) is 5.10 Å². The highest BCUT2D eigenvalue weighted by molar-refractivity contribution is 5.88. The fraction of sp³-hybridized carbons (Fsp3) is 0.381. The van der Waals surface area contributed by atoms with Crippen LogP contribution in [0.2, 0.25) is 0 Å². The van der Waals surface area contributed by atoms with Gasteiger partial charge in [-0.25, -0.2) is 23.3 Å². The first-order chi connectivity index (χ1) is 16.8. The smallest absolute Gasteiger partial charge is 0.382 e. The summed E-state index contributed by atoms with van der Waals surface area (Å²) in [4.78, 5) is 24.1. The van der Waals surface area contributed by atoms with Crippen molar-refractivity contribution in [2.75, 3.05) is 24.6 Å². The van der Waals surface area contributed by atoms with Crippen LogP contribution in [0.1, 0.15) is 19.8 Å². The van der Waals surface area contributed by atoms with Crippen molar-refractivity contribution in [3.63, 3.8) is 0 Å². The molecule has 1 amide bonds. The molecule has 5 heterocycles. The van der Waals surface area contributed by atoms with Crippen LogP contribution in [0.3, 0.4) is 0 Å². The lowest BCUT2D eigenvalue weighted by Gasteiger charge is -2.31. The van der Waals surface area contributed by atoms with E-state index in [4.69, 9.17) is 11.5 Å². The van der Waals surface area contributed by atoms with E-state index in [0.29, 0.717) is 35.3 Å². The quantitative estimate of drug-likeness (QED) is 0.395. The van der Waals surface area contributed by atoms with Gasteiger partial charge in [-0.3, -0.25) is 4.79 Å². The minimum atomic E-state index is -4.37. The second-order valence-corrected chi connectivity index (χ2v) is 8.30. The molecule has 1 saturated heterocycles. The summed E-state index contributed by atoms with van der Waals surface area (Å²) in [5.74, 6) is -2.76. The fourth-order valence-electron chi connectivity index (χ4n) is 3.91. The molecule has 192 valence electrons. The van der Waals surface area contributed by atoms with E-state index in [9.17, 15) is 26.7 Å².